The summed E-state index contributed by atoms with van der Waals surface area (Å²) in [7, 11) is 0. The van der Waals surface area contributed by atoms with E-state index >= 15 is 0 Å². The van der Waals surface area contributed by atoms with Crippen LogP contribution in [0.4, 0.5) is 15.2 Å². The minimum absolute atomic E-state index is 0.0981. The first kappa shape index (κ1) is 18.7. The fourth-order valence-corrected chi connectivity index (χ4v) is 3.58. The van der Waals surface area contributed by atoms with Crippen LogP contribution in [-0.4, -0.2) is 22.8 Å². The van der Waals surface area contributed by atoms with Gasteiger partial charge in [0, 0.05) is 17.9 Å². The molecule has 0 radical (unpaired) electrons. The molecule has 0 saturated heterocycles. The molecule has 1 aliphatic heterocycles. The SMILES string of the molecule is CC(=O)N(c1nc(C=C2N=C(c3ccccc3)OC2=O)cs1)c1ccccc1F. The maximum absolute atomic E-state index is 14.2. The maximum atomic E-state index is 14.2. The zero-order valence-corrected chi connectivity index (χ0v) is 16.0. The number of para-hydroxylation sites is 1. The average Bonchev–Trinajstić information content (AvgIpc) is 3.31. The summed E-state index contributed by atoms with van der Waals surface area (Å²) in [6, 6.07) is 15.0. The highest BCUT2D eigenvalue weighted by Gasteiger charge is 2.25. The lowest BCUT2D eigenvalue weighted by Gasteiger charge is -2.18. The molecule has 3 aromatic rings. The Morgan fingerprint density at radius 1 is 1.14 bits per heavy atom. The number of carbonyl (C=O) groups excluding carboxylic acids is 2. The average molecular weight is 407 g/mol. The molecule has 0 spiro atoms. The second-order valence-electron chi connectivity index (χ2n) is 6.06. The van der Waals surface area contributed by atoms with Gasteiger partial charge < -0.3 is 4.74 Å². The number of esters is 1. The highest BCUT2D eigenvalue weighted by atomic mass is 32.1. The fourth-order valence-electron chi connectivity index (χ4n) is 2.74. The monoisotopic (exact) mass is 407 g/mol. The van der Waals surface area contributed by atoms with E-state index < -0.39 is 11.8 Å². The number of amides is 1. The summed E-state index contributed by atoms with van der Waals surface area (Å²) in [6.45, 7) is 1.33. The molecular formula is C21H14FN3O3S. The van der Waals surface area contributed by atoms with E-state index in [1.54, 1.807) is 29.6 Å². The number of carbonyl (C=O) groups is 2. The van der Waals surface area contributed by atoms with Gasteiger partial charge in [-0.25, -0.2) is 19.2 Å². The Kier molecular flexibility index (Phi) is 5.01. The summed E-state index contributed by atoms with van der Waals surface area (Å²) in [5.41, 5.74) is 1.31. The van der Waals surface area contributed by atoms with Crippen LogP contribution in [0.2, 0.25) is 0 Å². The molecule has 1 aromatic heterocycles. The molecule has 0 saturated carbocycles. The fraction of sp³-hybridized carbons (Fsp3) is 0.0476. The van der Waals surface area contributed by atoms with Crippen molar-refractivity contribution < 1.29 is 18.7 Å². The molecule has 0 aliphatic carbocycles. The number of nitrogens with zero attached hydrogens (tertiary/aromatic N) is 3. The zero-order valence-electron chi connectivity index (χ0n) is 15.2. The van der Waals surface area contributed by atoms with Crippen LogP contribution in [0, 0.1) is 5.82 Å². The third-order valence-corrected chi connectivity index (χ3v) is 4.88. The van der Waals surface area contributed by atoms with Gasteiger partial charge in [-0.15, -0.1) is 11.3 Å². The second kappa shape index (κ2) is 7.76. The molecule has 2 aromatic carbocycles. The number of rotatable bonds is 4. The Morgan fingerprint density at radius 2 is 1.86 bits per heavy atom. The highest BCUT2D eigenvalue weighted by molar-refractivity contribution is 7.14. The molecule has 4 rings (SSSR count). The van der Waals surface area contributed by atoms with Crippen molar-refractivity contribution in [3.63, 3.8) is 0 Å². The minimum atomic E-state index is -0.587. The van der Waals surface area contributed by atoms with Crippen molar-refractivity contribution in [1.29, 1.82) is 0 Å². The summed E-state index contributed by atoms with van der Waals surface area (Å²) in [5.74, 6) is -1.28. The van der Waals surface area contributed by atoms with Crippen molar-refractivity contribution in [3.05, 3.63) is 82.7 Å². The number of anilines is 2. The number of halogens is 1. The number of cyclic esters (lactones) is 1. The predicted octanol–water partition coefficient (Wildman–Crippen LogP) is 4.31. The van der Waals surface area contributed by atoms with Crippen molar-refractivity contribution in [2.24, 2.45) is 4.99 Å². The second-order valence-corrected chi connectivity index (χ2v) is 6.90. The van der Waals surface area contributed by atoms with Gasteiger partial charge in [-0.3, -0.25) is 9.69 Å². The molecule has 1 aliphatic rings. The van der Waals surface area contributed by atoms with Crippen LogP contribution in [-0.2, 0) is 14.3 Å². The lowest BCUT2D eigenvalue weighted by atomic mass is 10.2. The molecule has 6 nitrogen and oxygen atoms in total. The van der Waals surface area contributed by atoms with E-state index in [0.717, 1.165) is 11.3 Å². The number of hydrogen-bond acceptors (Lipinski definition) is 6. The smallest absolute Gasteiger partial charge is 0.363 e. The number of thiazole rings is 1. The van der Waals surface area contributed by atoms with Gasteiger partial charge in [0.1, 0.15) is 5.82 Å². The van der Waals surface area contributed by atoms with Crippen molar-refractivity contribution in [3.8, 4) is 0 Å². The van der Waals surface area contributed by atoms with E-state index in [4.69, 9.17) is 4.74 Å². The maximum Gasteiger partial charge on any atom is 0.363 e. The lowest BCUT2D eigenvalue weighted by molar-refractivity contribution is -0.130. The van der Waals surface area contributed by atoms with Crippen molar-refractivity contribution >= 4 is 46.0 Å². The zero-order chi connectivity index (χ0) is 20.4. The molecule has 8 heteroatoms. The van der Waals surface area contributed by atoms with Gasteiger partial charge >= 0.3 is 5.97 Å². The van der Waals surface area contributed by atoms with Crippen molar-refractivity contribution in [2.75, 3.05) is 4.90 Å². The number of benzene rings is 2. The number of hydrogen-bond donors (Lipinski definition) is 0. The van der Waals surface area contributed by atoms with E-state index in [1.165, 1.54) is 30.0 Å². The quantitative estimate of drug-likeness (QED) is 0.477. The molecule has 0 unspecified atom stereocenters. The van der Waals surface area contributed by atoms with Crippen molar-refractivity contribution in [1.82, 2.24) is 4.98 Å². The molecule has 2 heterocycles. The van der Waals surface area contributed by atoms with E-state index in [-0.39, 0.29) is 28.3 Å². The molecular weight excluding hydrogens is 393 g/mol. The molecule has 0 N–H and O–H groups in total. The summed E-state index contributed by atoms with van der Waals surface area (Å²) in [5, 5.41) is 1.94. The molecule has 29 heavy (non-hydrogen) atoms. The van der Waals surface area contributed by atoms with Gasteiger partial charge in [0.2, 0.25) is 11.8 Å². The van der Waals surface area contributed by atoms with E-state index in [0.29, 0.717) is 11.3 Å². The molecule has 0 bridgehead atoms. The van der Waals surface area contributed by atoms with Gasteiger partial charge in [0.25, 0.3) is 0 Å². The van der Waals surface area contributed by atoms with Crippen LogP contribution in [0.25, 0.3) is 6.08 Å². The van der Waals surface area contributed by atoms with Gasteiger partial charge in [0.15, 0.2) is 10.8 Å². The summed E-state index contributed by atoms with van der Waals surface area (Å²) >= 11 is 1.15. The minimum Gasteiger partial charge on any atom is -0.402 e. The van der Waals surface area contributed by atoms with Crippen LogP contribution in [0.1, 0.15) is 18.2 Å². The van der Waals surface area contributed by atoms with Crippen LogP contribution in [0.3, 0.4) is 0 Å². The number of aliphatic imine (C=N–C) groups is 1. The standard InChI is InChI=1S/C21H14FN3O3S/c1-13(26)25(18-10-6-5-9-16(18)22)21-23-15(12-29-21)11-17-20(27)28-19(24-17)14-7-3-2-4-8-14/h2-12H,1H3. The summed E-state index contributed by atoms with van der Waals surface area (Å²) in [4.78, 5) is 34.0. The summed E-state index contributed by atoms with van der Waals surface area (Å²) in [6.07, 6.45) is 1.47. The van der Waals surface area contributed by atoms with Crippen LogP contribution in [0.15, 0.2) is 70.7 Å². The van der Waals surface area contributed by atoms with Gasteiger partial charge in [-0.05, 0) is 30.3 Å². The van der Waals surface area contributed by atoms with Gasteiger partial charge in [-0.1, -0.05) is 30.3 Å². The first-order valence-electron chi connectivity index (χ1n) is 8.61. The molecule has 0 fully saturated rings. The Balaban J connectivity index is 1.65. The Hall–Kier alpha value is -3.65. The van der Waals surface area contributed by atoms with Gasteiger partial charge in [0.05, 0.1) is 11.4 Å². The van der Waals surface area contributed by atoms with Crippen LogP contribution < -0.4 is 4.90 Å². The predicted molar refractivity (Wildman–Crippen MR) is 108 cm³/mol. The molecule has 0 atom stereocenters. The Bertz CT molecular complexity index is 1150. The summed E-state index contributed by atoms with van der Waals surface area (Å²) < 4.78 is 19.4. The Labute approximate surface area is 169 Å². The highest BCUT2D eigenvalue weighted by Crippen LogP contribution is 2.31. The van der Waals surface area contributed by atoms with E-state index in [1.807, 2.05) is 18.2 Å². The first-order chi connectivity index (χ1) is 14.0. The van der Waals surface area contributed by atoms with E-state index in [2.05, 4.69) is 9.98 Å². The molecule has 1 amide bonds. The number of ether oxygens (including phenoxy) is 1. The lowest BCUT2D eigenvalue weighted by Crippen LogP contribution is -2.23. The van der Waals surface area contributed by atoms with Crippen LogP contribution in [0.5, 0.6) is 0 Å². The topological polar surface area (TPSA) is 71.9 Å². The van der Waals surface area contributed by atoms with Crippen LogP contribution >= 0.6 is 11.3 Å². The van der Waals surface area contributed by atoms with E-state index in [9.17, 15) is 14.0 Å². The normalized spacial score (nSPS) is 14.6. The van der Waals surface area contributed by atoms with Gasteiger partial charge in [-0.2, -0.15) is 0 Å². The first-order valence-corrected chi connectivity index (χ1v) is 9.49. The largest absolute Gasteiger partial charge is 0.402 e. The molecule has 144 valence electrons. The Morgan fingerprint density at radius 3 is 2.59 bits per heavy atom. The third kappa shape index (κ3) is 3.83. The number of aromatic nitrogens is 1. The third-order valence-electron chi connectivity index (χ3n) is 4.04. The van der Waals surface area contributed by atoms with Crippen molar-refractivity contribution in [2.45, 2.75) is 6.92 Å².